The number of hydrogen-bond donors (Lipinski definition) is 0. The Bertz CT molecular complexity index is 531. The third kappa shape index (κ3) is 3.43. The SMILES string of the molecule is CCOc1nc(C)c(COc2cccc(Br)n2)s1. The van der Waals surface area contributed by atoms with Crippen molar-refractivity contribution in [1.29, 1.82) is 0 Å². The zero-order valence-electron chi connectivity index (χ0n) is 10.1. The zero-order chi connectivity index (χ0) is 13.0. The summed E-state index contributed by atoms with van der Waals surface area (Å²) in [7, 11) is 0. The maximum atomic E-state index is 5.62. The monoisotopic (exact) mass is 328 g/mol. The number of hydrogen-bond acceptors (Lipinski definition) is 5. The van der Waals surface area contributed by atoms with Crippen LogP contribution in [0.1, 0.15) is 17.5 Å². The van der Waals surface area contributed by atoms with Crippen LogP contribution in [0.25, 0.3) is 0 Å². The summed E-state index contributed by atoms with van der Waals surface area (Å²) in [5.41, 5.74) is 0.943. The summed E-state index contributed by atoms with van der Waals surface area (Å²) in [4.78, 5) is 9.58. The maximum Gasteiger partial charge on any atom is 0.273 e. The summed E-state index contributed by atoms with van der Waals surface area (Å²) in [5, 5.41) is 0.691. The first-order valence-corrected chi connectivity index (χ1v) is 7.14. The average Bonchev–Trinajstić information content (AvgIpc) is 2.68. The van der Waals surface area contributed by atoms with Gasteiger partial charge in [-0.1, -0.05) is 17.4 Å². The second kappa shape index (κ2) is 6.15. The van der Waals surface area contributed by atoms with Crippen LogP contribution in [0.3, 0.4) is 0 Å². The molecule has 0 spiro atoms. The molecule has 0 aliphatic rings. The van der Waals surface area contributed by atoms with Crippen molar-refractivity contribution in [3.8, 4) is 11.1 Å². The van der Waals surface area contributed by atoms with Crippen LogP contribution in [0.5, 0.6) is 11.1 Å². The molecule has 4 nitrogen and oxygen atoms in total. The van der Waals surface area contributed by atoms with E-state index in [1.807, 2.05) is 32.0 Å². The van der Waals surface area contributed by atoms with Gasteiger partial charge in [-0.2, -0.15) is 0 Å². The van der Waals surface area contributed by atoms with Gasteiger partial charge in [0.1, 0.15) is 11.2 Å². The Balaban J connectivity index is 2.01. The molecule has 2 aromatic heterocycles. The minimum atomic E-state index is 0.458. The molecule has 0 saturated carbocycles. The largest absolute Gasteiger partial charge is 0.472 e. The highest BCUT2D eigenvalue weighted by Gasteiger charge is 2.09. The fraction of sp³-hybridized carbons (Fsp3) is 0.333. The molecule has 2 heterocycles. The van der Waals surface area contributed by atoms with E-state index >= 15 is 0 Å². The van der Waals surface area contributed by atoms with Gasteiger partial charge < -0.3 is 9.47 Å². The van der Waals surface area contributed by atoms with Crippen LogP contribution in [-0.4, -0.2) is 16.6 Å². The van der Waals surface area contributed by atoms with Crippen molar-refractivity contribution < 1.29 is 9.47 Å². The molecule has 2 aromatic rings. The first-order valence-electron chi connectivity index (χ1n) is 5.53. The molecule has 0 fully saturated rings. The van der Waals surface area contributed by atoms with Crippen molar-refractivity contribution >= 4 is 27.3 Å². The van der Waals surface area contributed by atoms with Gasteiger partial charge in [-0.15, -0.1) is 0 Å². The predicted octanol–water partition coefficient (Wildman–Crippen LogP) is 3.59. The zero-order valence-corrected chi connectivity index (χ0v) is 12.5. The van der Waals surface area contributed by atoms with Gasteiger partial charge in [0.2, 0.25) is 5.88 Å². The molecule has 0 aliphatic carbocycles. The number of rotatable bonds is 5. The molecule has 0 aliphatic heterocycles. The van der Waals surface area contributed by atoms with Crippen LogP contribution in [0.4, 0.5) is 0 Å². The lowest BCUT2D eigenvalue weighted by molar-refractivity contribution is 0.296. The molecule has 0 saturated heterocycles. The Morgan fingerprint density at radius 1 is 1.28 bits per heavy atom. The highest BCUT2D eigenvalue weighted by Crippen LogP contribution is 2.25. The number of thiazole rings is 1. The molecule has 0 bridgehead atoms. The van der Waals surface area contributed by atoms with Gasteiger partial charge in [-0.05, 0) is 35.8 Å². The maximum absolute atomic E-state index is 5.62. The number of aromatic nitrogens is 2. The van der Waals surface area contributed by atoms with Gasteiger partial charge in [0.25, 0.3) is 5.19 Å². The number of halogens is 1. The fourth-order valence-corrected chi connectivity index (χ4v) is 2.54. The molecule has 6 heteroatoms. The van der Waals surface area contributed by atoms with Crippen molar-refractivity contribution in [2.75, 3.05) is 6.61 Å². The van der Waals surface area contributed by atoms with Gasteiger partial charge in [-0.3, -0.25) is 0 Å². The van der Waals surface area contributed by atoms with E-state index in [2.05, 4.69) is 25.9 Å². The lowest BCUT2D eigenvalue weighted by Crippen LogP contribution is -1.96. The second-order valence-electron chi connectivity index (χ2n) is 3.51. The van der Waals surface area contributed by atoms with E-state index in [9.17, 15) is 0 Å². The number of pyridine rings is 1. The summed E-state index contributed by atoms with van der Waals surface area (Å²) in [5.74, 6) is 0.593. The summed E-state index contributed by atoms with van der Waals surface area (Å²) < 4.78 is 11.7. The number of ether oxygens (including phenoxy) is 2. The van der Waals surface area contributed by atoms with Crippen LogP contribution in [0.15, 0.2) is 22.8 Å². The number of nitrogens with zero attached hydrogens (tertiary/aromatic N) is 2. The molecule has 0 radical (unpaired) electrons. The molecule has 2 rings (SSSR count). The molecule has 18 heavy (non-hydrogen) atoms. The summed E-state index contributed by atoms with van der Waals surface area (Å²) in [6, 6.07) is 5.57. The Morgan fingerprint density at radius 2 is 2.11 bits per heavy atom. The van der Waals surface area contributed by atoms with E-state index in [4.69, 9.17) is 9.47 Å². The van der Waals surface area contributed by atoms with Crippen LogP contribution >= 0.6 is 27.3 Å². The van der Waals surface area contributed by atoms with Gasteiger partial charge >= 0.3 is 0 Å². The minimum absolute atomic E-state index is 0.458. The first kappa shape index (κ1) is 13.3. The summed E-state index contributed by atoms with van der Waals surface area (Å²) in [6.07, 6.45) is 0. The van der Waals surface area contributed by atoms with Crippen LogP contribution in [0.2, 0.25) is 0 Å². The van der Waals surface area contributed by atoms with Crippen LogP contribution < -0.4 is 9.47 Å². The van der Waals surface area contributed by atoms with Gasteiger partial charge in [-0.25, -0.2) is 9.97 Å². The summed E-state index contributed by atoms with van der Waals surface area (Å²) >= 11 is 4.82. The molecular weight excluding hydrogens is 316 g/mol. The van der Waals surface area contributed by atoms with Crippen molar-refractivity contribution in [1.82, 2.24) is 9.97 Å². The van der Waals surface area contributed by atoms with Crippen LogP contribution in [0, 0.1) is 6.92 Å². The second-order valence-corrected chi connectivity index (χ2v) is 5.37. The van der Waals surface area contributed by atoms with Crippen molar-refractivity contribution in [3.05, 3.63) is 33.4 Å². The van der Waals surface area contributed by atoms with E-state index in [-0.39, 0.29) is 0 Å². The van der Waals surface area contributed by atoms with E-state index < -0.39 is 0 Å². The first-order chi connectivity index (χ1) is 8.69. The quantitative estimate of drug-likeness (QED) is 0.787. The standard InChI is InChI=1S/C12H13BrN2O2S/c1-3-16-12-14-8(2)9(18-12)7-17-11-6-4-5-10(13)15-11/h4-6H,3,7H2,1-2H3. The third-order valence-electron chi connectivity index (χ3n) is 2.18. The molecule has 0 N–H and O–H groups in total. The molecule has 0 amide bonds. The lowest BCUT2D eigenvalue weighted by Gasteiger charge is -2.03. The third-order valence-corrected chi connectivity index (χ3v) is 3.67. The van der Waals surface area contributed by atoms with Gasteiger partial charge in [0.15, 0.2) is 0 Å². The fourth-order valence-electron chi connectivity index (χ4n) is 1.33. The summed E-state index contributed by atoms with van der Waals surface area (Å²) in [6.45, 7) is 4.98. The normalized spacial score (nSPS) is 10.4. The van der Waals surface area contributed by atoms with E-state index in [0.717, 1.165) is 15.2 Å². The van der Waals surface area contributed by atoms with Gasteiger partial charge in [0.05, 0.1) is 17.2 Å². The molecular formula is C12H13BrN2O2S. The topological polar surface area (TPSA) is 44.2 Å². The Labute approximate surface area is 118 Å². The Hall–Kier alpha value is -1.14. The Kier molecular flexibility index (Phi) is 4.54. The highest BCUT2D eigenvalue weighted by molar-refractivity contribution is 9.10. The average molecular weight is 329 g/mol. The smallest absolute Gasteiger partial charge is 0.273 e. The van der Waals surface area contributed by atoms with Crippen LogP contribution in [-0.2, 0) is 6.61 Å². The highest BCUT2D eigenvalue weighted by atomic mass is 79.9. The molecule has 0 unspecified atom stereocenters. The molecule has 96 valence electrons. The predicted molar refractivity (Wildman–Crippen MR) is 74.3 cm³/mol. The number of aryl methyl sites for hydroxylation is 1. The minimum Gasteiger partial charge on any atom is -0.472 e. The Morgan fingerprint density at radius 3 is 2.83 bits per heavy atom. The van der Waals surface area contributed by atoms with E-state index in [1.165, 1.54) is 11.3 Å². The lowest BCUT2D eigenvalue weighted by atomic mass is 10.4. The van der Waals surface area contributed by atoms with Crippen molar-refractivity contribution in [3.63, 3.8) is 0 Å². The van der Waals surface area contributed by atoms with E-state index in [0.29, 0.717) is 24.3 Å². The van der Waals surface area contributed by atoms with Gasteiger partial charge in [0, 0.05) is 6.07 Å². The van der Waals surface area contributed by atoms with E-state index in [1.54, 1.807) is 0 Å². The molecule has 0 atom stereocenters. The van der Waals surface area contributed by atoms with Crippen molar-refractivity contribution in [2.24, 2.45) is 0 Å². The molecule has 0 aromatic carbocycles. The van der Waals surface area contributed by atoms with Crippen molar-refractivity contribution in [2.45, 2.75) is 20.5 Å².